The summed E-state index contributed by atoms with van der Waals surface area (Å²) in [6.07, 6.45) is 4.36. The van der Waals surface area contributed by atoms with Crippen LogP contribution < -0.4 is 5.73 Å². The maximum Gasteiger partial charge on any atom is 0.147 e. The van der Waals surface area contributed by atoms with Gasteiger partial charge in [-0.3, -0.25) is 4.90 Å². The van der Waals surface area contributed by atoms with Gasteiger partial charge in [0.1, 0.15) is 12.2 Å². The van der Waals surface area contributed by atoms with E-state index in [1.165, 1.54) is 32.5 Å². The molecule has 2 saturated heterocycles. The minimum Gasteiger partial charge on any atom is -0.329 e. The van der Waals surface area contributed by atoms with Crippen molar-refractivity contribution in [3.63, 3.8) is 0 Å². The minimum absolute atomic E-state index is 0.199. The van der Waals surface area contributed by atoms with Gasteiger partial charge in [-0.25, -0.2) is 0 Å². The molecule has 2 N–H and O–H groups in total. The number of hydrogen-bond donors (Lipinski definition) is 1. The molecule has 19 heavy (non-hydrogen) atoms. The first-order chi connectivity index (χ1) is 9.32. The highest BCUT2D eigenvalue weighted by Gasteiger charge is 2.49. The minimum atomic E-state index is 0.199. The summed E-state index contributed by atoms with van der Waals surface area (Å²) in [5.41, 5.74) is 6.44. The van der Waals surface area contributed by atoms with Gasteiger partial charge in [0.25, 0.3) is 0 Å². The Morgan fingerprint density at radius 3 is 3.16 bits per heavy atom. The largest absolute Gasteiger partial charge is 0.329 e. The van der Waals surface area contributed by atoms with E-state index in [9.17, 15) is 0 Å². The van der Waals surface area contributed by atoms with Crippen LogP contribution in [0, 0.1) is 5.92 Å². The Hall–Kier alpha value is -0.980. The van der Waals surface area contributed by atoms with Gasteiger partial charge >= 0.3 is 0 Å². The van der Waals surface area contributed by atoms with Crippen LogP contribution in [0.1, 0.15) is 18.7 Å². The SMILES string of the molecule is NCC1(N2CCn3cnnc3C2)CCN2CCC1C2. The van der Waals surface area contributed by atoms with Gasteiger partial charge in [-0.15, -0.1) is 10.2 Å². The molecule has 2 fully saturated rings. The molecule has 104 valence electrons. The van der Waals surface area contributed by atoms with E-state index in [4.69, 9.17) is 5.73 Å². The predicted molar refractivity (Wildman–Crippen MR) is 71.4 cm³/mol. The summed E-state index contributed by atoms with van der Waals surface area (Å²) in [7, 11) is 0. The van der Waals surface area contributed by atoms with Gasteiger partial charge in [0.05, 0.1) is 6.54 Å². The molecule has 3 atom stereocenters. The number of piperidine rings is 1. The maximum atomic E-state index is 6.25. The zero-order chi connectivity index (χ0) is 12.9. The average Bonchev–Trinajstić information content (AvgIpc) is 3.07. The number of fused-ring (bicyclic) bond motifs is 3. The Labute approximate surface area is 113 Å². The normalized spacial score (nSPS) is 38.4. The van der Waals surface area contributed by atoms with Crippen LogP contribution in [-0.2, 0) is 13.1 Å². The molecule has 3 aliphatic heterocycles. The van der Waals surface area contributed by atoms with Crippen molar-refractivity contribution in [3.8, 4) is 0 Å². The topological polar surface area (TPSA) is 63.2 Å². The van der Waals surface area contributed by atoms with E-state index < -0.39 is 0 Å². The number of nitrogens with two attached hydrogens (primary N) is 1. The highest BCUT2D eigenvalue weighted by molar-refractivity contribution is 5.07. The molecule has 6 nitrogen and oxygen atoms in total. The molecule has 3 unspecified atom stereocenters. The Morgan fingerprint density at radius 2 is 2.26 bits per heavy atom. The van der Waals surface area contributed by atoms with Gasteiger partial charge in [-0.1, -0.05) is 0 Å². The lowest BCUT2D eigenvalue weighted by atomic mass is 9.77. The van der Waals surface area contributed by atoms with Crippen LogP contribution in [0.3, 0.4) is 0 Å². The lowest BCUT2D eigenvalue weighted by Gasteiger charge is -2.51. The molecule has 6 heteroatoms. The van der Waals surface area contributed by atoms with E-state index in [1.807, 2.05) is 6.33 Å². The fraction of sp³-hybridized carbons (Fsp3) is 0.846. The second-order valence-corrected chi connectivity index (χ2v) is 6.21. The van der Waals surface area contributed by atoms with Gasteiger partial charge in [-0.05, 0) is 31.8 Å². The standard InChI is InChI=1S/C13H22N6/c14-9-13(2-4-17-3-1-11(13)7-17)19-6-5-18-10-15-16-12(18)8-19/h10-11H,1-9,14H2. The molecule has 2 bridgehead atoms. The quantitative estimate of drug-likeness (QED) is 0.780. The van der Waals surface area contributed by atoms with E-state index in [2.05, 4.69) is 24.6 Å². The molecule has 3 aliphatic rings. The van der Waals surface area contributed by atoms with E-state index in [0.29, 0.717) is 0 Å². The summed E-state index contributed by atoms with van der Waals surface area (Å²) in [6.45, 7) is 7.47. The first kappa shape index (κ1) is 11.8. The second-order valence-electron chi connectivity index (χ2n) is 6.21. The molecule has 1 aromatic rings. The molecule has 0 radical (unpaired) electrons. The number of hydrogen-bond acceptors (Lipinski definition) is 5. The second kappa shape index (κ2) is 4.26. The number of aromatic nitrogens is 3. The van der Waals surface area contributed by atoms with Gasteiger partial charge in [0.15, 0.2) is 0 Å². The van der Waals surface area contributed by atoms with E-state index >= 15 is 0 Å². The van der Waals surface area contributed by atoms with Gasteiger partial charge in [0, 0.05) is 31.7 Å². The molecular formula is C13H22N6. The zero-order valence-electron chi connectivity index (χ0n) is 11.3. The predicted octanol–water partition coefficient (Wildman–Crippen LogP) is -0.483. The molecule has 4 rings (SSSR count). The van der Waals surface area contributed by atoms with Crippen LogP contribution in [0.4, 0.5) is 0 Å². The van der Waals surface area contributed by atoms with E-state index in [-0.39, 0.29) is 5.54 Å². The van der Waals surface area contributed by atoms with Crippen LogP contribution in [0.25, 0.3) is 0 Å². The fourth-order valence-corrected chi connectivity index (χ4v) is 4.29. The Kier molecular flexibility index (Phi) is 2.65. The zero-order valence-corrected chi connectivity index (χ0v) is 11.3. The van der Waals surface area contributed by atoms with Crippen molar-refractivity contribution < 1.29 is 0 Å². The third-order valence-electron chi connectivity index (χ3n) is 5.52. The summed E-state index contributed by atoms with van der Waals surface area (Å²) >= 11 is 0. The Balaban J connectivity index is 1.63. The van der Waals surface area contributed by atoms with Crippen molar-refractivity contribution in [1.29, 1.82) is 0 Å². The van der Waals surface area contributed by atoms with Crippen molar-refractivity contribution in [3.05, 3.63) is 12.2 Å². The third-order valence-corrected chi connectivity index (χ3v) is 5.52. The average molecular weight is 262 g/mol. The summed E-state index contributed by atoms with van der Waals surface area (Å²) in [5, 5.41) is 8.27. The van der Waals surface area contributed by atoms with Crippen LogP contribution in [0.2, 0.25) is 0 Å². The highest BCUT2D eigenvalue weighted by atomic mass is 15.4. The smallest absolute Gasteiger partial charge is 0.147 e. The van der Waals surface area contributed by atoms with Crippen LogP contribution in [0.15, 0.2) is 6.33 Å². The molecule has 4 heterocycles. The number of rotatable bonds is 2. The molecule has 0 saturated carbocycles. The van der Waals surface area contributed by atoms with Crippen molar-refractivity contribution in [2.45, 2.75) is 31.5 Å². The van der Waals surface area contributed by atoms with E-state index in [0.717, 1.165) is 37.9 Å². The van der Waals surface area contributed by atoms with Crippen molar-refractivity contribution in [2.24, 2.45) is 11.7 Å². The summed E-state index contributed by atoms with van der Waals surface area (Å²) < 4.78 is 2.17. The monoisotopic (exact) mass is 262 g/mol. The van der Waals surface area contributed by atoms with Crippen molar-refractivity contribution in [1.82, 2.24) is 24.6 Å². The highest BCUT2D eigenvalue weighted by Crippen LogP contribution is 2.40. The van der Waals surface area contributed by atoms with Crippen molar-refractivity contribution >= 4 is 0 Å². The molecule has 0 aliphatic carbocycles. The Bertz CT molecular complexity index is 471. The first-order valence-corrected chi connectivity index (χ1v) is 7.36. The molecule has 0 amide bonds. The molecule has 0 spiro atoms. The van der Waals surface area contributed by atoms with Gasteiger partial charge < -0.3 is 15.2 Å². The van der Waals surface area contributed by atoms with Crippen LogP contribution in [0.5, 0.6) is 0 Å². The molecule has 1 aromatic heterocycles. The third kappa shape index (κ3) is 1.67. The van der Waals surface area contributed by atoms with Crippen LogP contribution in [-0.4, -0.2) is 62.8 Å². The van der Waals surface area contributed by atoms with Crippen LogP contribution >= 0.6 is 0 Å². The summed E-state index contributed by atoms with van der Waals surface area (Å²) in [4.78, 5) is 5.19. The van der Waals surface area contributed by atoms with E-state index in [1.54, 1.807) is 0 Å². The Morgan fingerprint density at radius 1 is 1.32 bits per heavy atom. The van der Waals surface area contributed by atoms with Crippen molar-refractivity contribution in [2.75, 3.05) is 32.7 Å². The summed E-state index contributed by atoms with van der Waals surface area (Å²) in [6, 6.07) is 0. The van der Waals surface area contributed by atoms with Gasteiger partial charge in [-0.2, -0.15) is 0 Å². The summed E-state index contributed by atoms with van der Waals surface area (Å²) in [5.74, 6) is 1.83. The molecule has 0 aromatic carbocycles. The van der Waals surface area contributed by atoms with Gasteiger partial charge in [0.2, 0.25) is 0 Å². The first-order valence-electron chi connectivity index (χ1n) is 7.36. The maximum absolute atomic E-state index is 6.25. The lowest BCUT2D eigenvalue weighted by molar-refractivity contribution is -0.0110. The molecular weight excluding hydrogens is 240 g/mol. The number of nitrogens with zero attached hydrogens (tertiary/aromatic N) is 5. The lowest BCUT2D eigenvalue weighted by Crippen LogP contribution is -2.63. The fourth-order valence-electron chi connectivity index (χ4n) is 4.29.